The first-order valence-corrected chi connectivity index (χ1v) is 24.3. The quantitative estimate of drug-likeness (QED) is 0.117. The molecule has 0 saturated carbocycles. The molecule has 9 aromatic rings. The van der Waals surface area contributed by atoms with Crippen molar-refractivity contribution in [2.75, 3.05) is 6.26 Å². The molecule has 0 bridgehead atoms. The molecule has 1 N–H and O–H groups in total. The van der Waals surface area contributed by atoms with Crippen LogP contribution in [0.5, 0.6) is 0 Å². The minimum atomic E-state index is -3.67. The maximum Gasteiger partial charge on any atom is 0.261 e. The van der Waals surface area contributed by atoms with E-state index in [9.17, 15) is 13.2 Å². The summed E-state index contributed by atoms with van der Waals surface area (Å²) in [5.41, 5.74) is 11.6. The number of hydrogen-bond acceptors (Lipinski definition) is 5. The van der Waals surface area contributed by atoms with E-state index in [4.69, 9.17) is 4.55 Å². The third kappa shape index (κ3) is 7.98. The molecule has 3 aliphatic rings. The van der Waals surface area contributed by atoms with Crippen LogP contribution in [0.3, 0.4) is 0 Å². The molecule has 0 aromatic heterocycles. The molecule has 0 saturated heterocycles. The Bertz CT molecular complexity index is 3290. The molecule has 9 aromatic carbocycles. The molecule has 0 radical (unpaired) electrons. The van der Waals surface area contributed by atoms with Gasteiger partial charge in [0.05, 0.1) is 11.7 Å². The Morgan fingerprint density at radius 2 is 0.903 bits per heavy atom. The summed E-state index contributed by atoms with van der Waals surface area (Å²) in [5.74, 6) is 0.122. The van der Waals surface area contributed by atoms with Crippen LogP contribution in [0.25, 0.3) is 43.8 Å². The lowest BCUT2D eigenvalue weighted by Crippen LogP contribution is -2.31. The number of carbonyl (C=O) groups is 1. The summed E-state index contributed by atoms with van der Waals surface area (Å²) in [6.45, 7) is 0. The van der Waals surface area contributed by atoms with Crippen molar-refractivity contribution in [3.8, 4) is 22.3 Å². The molecule has 9 heteroatoms. The monoisotopic (exact) mass is 993 g/mol. The molecule has 0 amide bonds. The summed E-state index contributed by atoms with van der Waals surface area (Å²) in [4.78, 5) is 16.2. The van der Waals surface area contributed by atoms with Gasteiger partial charge in [0, 0.05) is 36.2 Å². The van der Waals surface area contributed by atoms with E-state index in [1.807, 2.05) is 84.6 Å². The van der Waals surface area contributed by atoms with Gasteiger partial charge in [-0.25, -0.2) is 0 Å². The van der Waals surface area contributed by atoms with Crippen molar-refractivity contribution in [2.45, 2.75) is 20.1 Å². The molecule has 12 rings (SSSR count). The Kier molecular flexibility index (Phi) is 11.6. The predicted octanol–water partition coefficient (Wildman–Crippen LogP) is 15.0. The Morgan fingerprint density at radius 1 is 0.484 bits per heavy atom. The maximum atomic E-state index is 12.5. The zero-order chi connectivity index (χ0) is 43.2. The number of thiol groups is 1. The van der Waals surface area contributed by atoms with E-state index in [1.165, 1.54) is 59.3 Å². The molecule has 1 spiro atoms. The van der Waals surface area contributed by atoms with Crippen molar-refractivity contribution in [3.05, 3.63) is 230 Å². The van der Waals surface area contributed by atoms with Crippen molar-refractivity contribution >= 4 is 93.7 Å². The highest BCUT2D eigenvalue weighted by Crippen LogP contribution is 2.62. The van der Waals surface area contributed by atoms with Crippen molar-refractivity contribution in [2.24, 2.45) is 0 Å². The summed E-state index contributed by atoms with van der Waals surface area (Å²) in [6.07, 6.45) is 0.715. The first-order valence-electron chi connectivity index (χ1n) is 19.6. The van der Waals surface area contributed by atoms with Crippen molar-refractivity contribution in [1.82, 2.24) is 0 Å². The number of fused-ring (bicyclic) bond motifs is 14. The number of hydrogen-bond donors (Lipinski definition) is 2. The highest BCUT2D eigenvalue weighted by molar-refractivity contribution is 9.10. The third-order valence-corrected chi connectivity index (χ3v) is 13.6. The third-order valence-electron chi connectivity index (χ3n) is 11.2. The Labute approximate surface area is 389 Å². The lowest BCUT2D eigenvalue weighted by atomic mass is 9.67. The van der Waals surface area contributed by atoms with E-state index in [-0.39, 0.29) is 12.6 Å². The summed E-state index contributed by atoms with van der Waals surface area (Å²) in [5, 5.41) is 4.87. The lowest BCUT2D eigenvalue weighted by Gasteiger charge is -2.39. The second-order valence-corrected chi connectivity index (χ2v) is 20.0. The second-order valence-electron chi connectivity index (χ2n) is 15.1. The zero-order valence-electron chi connectivity index (χ0n) is 33.1. The van der Waals surface area contributed by atoms with Crippen LogP contribution in [0.15, 0.2) is 212 Å². The van der Waals surface area contributed by atoms with Crippen molar-refractivity contribution < 1.29 is 19.2 Å². The summed E-state index contributed by atoms with van der Waals surface area (Å²) in [6, 6.07) is 66.2. The van der Waals surface area contributed by atoms with Gasteiger partial charge in [-0.05, 0) is 139 Å². The molecule has 2 aliphatic carbocycles. The molecule has 0 unspecified atom stereocenters. The fourth-order valence-corrected chi connectivity index (χ4v) is 10.8. The number of halogens is 2. The first kappa shape index (κ1) is 42.1. The van der Waals surface area contributed by atoms with E-state index in [1.54, 1.807) is 0 Å². The molecular formula is C53H38Br2O4S3. The predicted molar refractivity (Wildman–Crippen MR) is 267 cm³/mol. The van der Waals surface area contributed by atoms with Crippen LogP contribution < -0.4 is 0 Å². The number of benzene rings is 9. The first-order chi connectivity index (χ1) is 29.9. The van der Waals surface area contributed by atoms with Gasteiger partial charge in [-0.1, -0.05) is 159 Å². The Hall–Kier alpha value is -5.26. The normalized spacial score (nSPS) is 13.1. The Balaban J connectivity index is 0.000000144. The van der Waals surface area contributed by atoms with Crippen LogP contribution in [-0.2, 0) is 15.5 Å². The molecular weight excluding hydrogens is 957 g/mol. The van der Waals surface area contributed by atoms with Gasteiger partial charge in [-0.3, -0.25) is 9.35 Å². The van der Waals surface area contributed by atoms with E-state index >= 15 is 0 Å². The molecule has 0 fully saturated rings. The van der Waals surface area contributed by atoms with Gasteiger partial charge >= 0.3 is 0 Å². The number of rotatable bonds is 0. The average Bonchev–Trinajstić information content (AvgIpc) is 3.68. The summed E-state index contributed by atoms with van der Waals surface area (Å²) < 4.78 is 27.9. The fourth-order valence-electron chi connectivity index (χ4n) is 8.72. The van der Waals surface area contributed by atoms with Gasteiger partial charge in [-0.2, -0.15) is 8.42 Å². The average molecular weight is 996 g/mol. The number of carbonyl (C=O) groups excluding carboxylic acids is 1. The van der Waals surface area contributed by atoms with E-state index in [2.05, 4.69) is 160 Å². The molecule has 0 atom stereocenters. The zero-order valence-corrected chi connectivity index (χ0v) is 38.8. The summed E-state index contributed by atoms with van der Waals surface area (Å²) in [7, 11) is -3.67. The summed E-state index contributed by atoms with van der Waals surface area (Å²) >= 11 is 13.2. The second kappa shape index (κ2) is 17.1. The van der Waals surface area contributed by atoms with Crippen LogP contribution in [0.1, 0.15) is 39.6 Å². The highest BCUT2D eigenvalue weighted by atomic mass is 79.9. The van der Waals surface area contributed by atoms with Gasteiger partial charge < -0.3 is 0 Å². The SMILES string of the molecule is Brc1ccc2c(c1)C1(c3ccccc3Sc3ccccc31)c1cc3ccccc3cc1-2.CS(=O)(=O)O.O=C1c2cc(Br)ccc2-c2cc3ccccc3cc21.Sc1ccccc1.[2HH]. The van der Waals surface area contributed by atoms with Crippen LogP contribution >= 0.6 is 56.3 Å². The van der Waals surface area contributed by atoms with Crippen molar-refractivity contribution in [3.63, 3.8) is 0 Å². The standard InChI is InChI=1S/C29H17BrS.C17H9BrO.C6H6S.CH4O3S.H2/c30-20-13-14-21-22-15-18-7-1-2-8-19(18)16-25(22)29(26(21)17-20)23-9-3-5-11-27(23)31-28-12-6-4-10-24(28)29;18-12-5-6-13-14-7-10-3-1-2-4-11(10)8-15(14)17(19)16(13)9-12;7-6-4-2-1-3-5-6;1-5(2,3)4;/h1-17H;1-9H;1-5,7H;1H3,(H,2,3,4);1H/i;;;;1+1. The molecule has 1 aliphatic heterocycles. The lowest BCUT2D eigenvalue weighted by molar-refractivity contribution is 0.104. The van der Waals surface area contributed by atoms with Crippen LogP contribution in [-0.4, -0.2) is 25.0 Å². The van der Waals surface area contributed by atoms with Crippen LogP contribution in [0.2, 0.25) is 0 Å². The van der Waals surface area contributed by atoms with Crippen LogP contribution in [0, 0.1) is 0 Å². The van der Waals surface area contributed by atoms with Crippen LogP contribution in [0.4, 0.5) is 0 Å². The largest absolute Gasteiger partial charge is 0.289 e. The highest BCUT2D eigenvalue weighted by Gasteiger charge is 2.50. The van der Waals surface area contributed by atoms with Gasteiger partial charge in [0.2, 0.25) is 0 Å². The Morgan fingerprint density at radius 3 is 1.45 bits per heavy atom. The van der Waals surface area contributed by atoms with E-state index in [0.29, 0.717) is 6.26 Å². The van der Waals surface area contributed by atoms with Gasteiger partial charge in [0.1, 0.15) is 0 Å². The molecule has 306 valence electrons. The molecule has 62 heavy (non-hydrogen) atoms. The maximum absolute atomic E-state index is 12.5. The van der Waals surface area contributed by atoms with Crippen molar-refractivity contribution in [1.29, 1.82) is 0 Å². The minimum Gasteiger partial charge on any atom is -0.289 e. The van der Waals surface area contributed by atoms with E-state index in [0.717, 1.165) is 41.5 Å². The van der Waals surface area contributed by atoms with Gasteiger partial charge in [0.15, 0.2) is 5.78 Å². The minimum absolute atomic E-state index is 0. The molecule has 1 heterocycles. The topological polar surface area (TPSA) is 71.4 Å². The van der Waals surface area contributed by atoms with Gasteiger partial charge in [-0.15, -0.1) is 12.6 Å². The smallest absolute Gasteiger partial charge is 0.261 e. The fraction of sp³-hybridized carbons (Fsp3) is 0.0377. The number of ketones is 1. The molecule has 4 nitrogen and oxygen atoms in total. The van der Waals surface area contributed by atoms with E-state index < -0.39 is 10.1 Å². The van der Waals surface area contributed by atoms with Gasteiger partial charge in [0.25, 0.3) is 10.1 Å².